The van der Waals surface area contributed by atoms with E-state index in [-0.39, 0.29) is 5.54 Å². The van der Waals surface area contributed by atoms with Crippen molar-refractivity contribution in [2.75, 3.05) is 13.2 Å². The largest absolute Gasteiger partial charge is 0.436 e. The molecule has 100 valence electrons. The maximum Gasteiger partial charge on any atom is 0.321 e. The summed E-state index contributed by atoms with van der Waals surface area (Å²) in [6.45, 7) is 10.5. The molecule has 1 aromatic carbocycles. The van der Waals surface area contributed by atoms with Gasteiger partial charge in [0.15, 0.2) is 0 Å². The molecule has 4 heteroatoms. The van der Waals surface area contributed by atoms with Crippen molar-refractivity contribution < 1.29 is 9.05 Å². The fourth-order valence-electron chi connectivity index (χ4n) is 1.54. The van der Waals surface area contributed by atoms with Crippen LogP contribution in [0.3, 0.4) is 0 Å². The van der Waals surface area contributed by atoms with Gasteiger partial charge < -0.3 is 9.05 Å². The molecule has 18 heavy (non-hydrogen) atoms. The predicted octanol–water partition coefficient (Wildman–Crippen LogP) is 4.06. The highest BCUT2D eigenvalue weighted by Crippen LogP contribution is 2.55. The zero-order valence-corrected chi connectivity index (χ0v) is 12.5. The number of hydrogen-bond donors (Lipinski definition) is 0. The van der Waals surface area contributed by atoms with Gasteiger partial charge in [-0.25, -0.2) is 4.67 Å². The molecule has 1 aliphatic heterocycles. The highest BCUT2D eigenvalue weighted by Gasteiger charge is 2.50. The molecule has 0 spiro atoms. The van der Waals surface area contributed by atoms with Crippen LogP contribution in [0.1, 0.15) is 27.7 Å². The van der Waals surface area contributed by atoms with Crippen LogP contribution in [-0.4, -0.2) is 23.4 Å². The second-order valence-electron chi connectivity index (χ2n) is 5.70. The molecule has 0 aliphatic carbocycles. The van der Waals surface area contributed by atoms with E-state index in [1.54, 1.807) is 0 Å². The van der Waals surface area contributed by atoms with Gasteiger partial charge in [-0.3, -0.25) is 0 Å². The summed E-state index contributed by atoms with van der Waals surface area (Å²) in [5.41, 5.74) is 0.220. The van der Waals surface area contributed by atoms with E-state index >= 15 is 0 Å². The van der Waals surface area contributed by atoms with E-state index in [9.17, 15) is 0 Å². The molecular weight excluding hydrogens is 245 g/mol. The van der Waals surface area contributed by atoms with E-state index in [0.29, 0.717) is 5.92 Å². The second kappa shape index (κ2) is 5.56. The van der Waals surface area contributed by atoms with Crippen LogP contribution in [0.15, 0.2) is 30.3 Å². The SMILES string of the molecule is CC(C)COP(Oc1ccccc1)N1CC1(C)C. The van der Waals surface area contributed by atoms with E-state index in [0.717, 1.165) is 18.9 Å². The molecule has 0 aromatic heterocycles. The van der Waals surface area contributed by atoms with Gasteiger partial charge in [-0.1, -0.05) is 32.0 Å². The van der Waals surface area contributed by atoms with Crippen molar-refractivity contribution in [2.45, 2.75) is 33.2 Å². The third kappa shape index (κ3) is 3.68. The van der Waals surface area contributed by atoms with Crippen molar-refractivity contribution in [2.24, 2.45) is 5.92 Å². The average molecular weight is 267 g/mol. The Labute approximate surface area is 111 Å². The zero-order valence-electron chi connectivity index (χ0n) is 11.6. The first-order valence-electron chi connectivity index (χ1n) is 6.42. The lowest BCUT2D eigenvalue weighted by atomic mass is 10.2. The molecule has 0 saturated carbocycles. The fourth-order valence-corrected chi connectivity index (χ4v) is 3.46. The number of hydrogen-bond acceptors (Lipinski definition) is 3. The smallest absolute Gasteiger partial charge is 0.321 e. The summed E-state index contributed by atoms with van der Waals surface area (Å²) >= 11 is 0. The van der Waals surface area contributed by atoms with Gasteiger partial charge in [0.2, 0.25) is 0 Å². The van der Waals surface area contributed by atoms with Crippen LogP contribution in [0.2, 0.25) is 0 Å². The fraction of sp³-hybridized carbons (Fsp3) is 0.571. The summed E-state index contributed by atoms with van der Waals surface area (Å²) < 4.78 is 14.2. The molecule has 2 unspecified atom stereocenters. The molecule has 3 nitrogen and oxygen atoms in total. The first kappa shape index (κ1) is 13.8. The van der Waals surface area contributed by atoms with Crippen LogP contribution in [0, 0.1) is 5.92 Å². The summed E-state index contributed by atoms with van der Waals surface area (Å²) in [7, 11) is -0.972. The molecule has 0 N–H and O–H groups in total. The molecule has 1 saturated heterocycles. The van der Waals surface area contributed by atoms with Crippen LogP contribution in [0.4, 0.5) is 0 Å². The quantitative estimate of drug-likeness (QED) is 0.573. The minimum atomic E-state index is -0.972. The van der Waals surface area contributed by atoms with E-state index in [4.69, 9.17) is 9.05 Å². The summed E-state index contributed by atoms with van der Waals surface area (Å²) in [5, 5.41) is 0. The standard InChI is InChI=1S/C14H22NO2P/c1-12(2)10-16-18(15-11-14(15,3)4)17-13-8-6-5-7-9-13/h5-9,12H,10-11H2,1-4H3. The Morgan fingerprint density at radius 1 is 1.28 bits per heavy atom. The second-order valence-corrected chi connectivity index (χ2v) is 7.10. The van der Waals surface area contributed by atoms with Gasteiger partial charge in [0.1, 0.15) is 5.75 Å². The van der Waals surface area contributed by atoms with Gasteiger partial charge in [-0.2, -0.15) is 0 Å². The van der Waals surface area contributed by atoms with Crippen LogP contribution < -0.4 is 4.52 Å². The molecule has 1 aliphatic rings. The maximum absolute atomic E-state index is 5.99. The van der Waals surface area contributed by atoms with Gasteiger partial charge in [-0.05, 0) is 31.9 Å². The van der Waals surface area contributed by atoms with Crippen molar-refractivity contribution in [3.8, 4) is 5.75 Å². The molecule has 1 heterocycles. The van der Waals surface area contributed by atoms with E-state index in [2.05, 4.69) is 32.4 Å². The first-order valence-corrected chi connectivity index (χ1v) is 7.56. The zero-order chi connectivity index (χ0) is 13.2. The van der Waals surface area contributed by atoms with Crippen molar-refractivity contribution in [1.82, 2.24) is 4.67 Å². The van der Waals surface area contributed by atoms with Crippen LogP contribution in [-0.2, 0) is 4.52 Å². The topological polar surface area (TPSA) is 21.5 Å². The van der Waals surface area contributed by atoms with Crippen LogP contribution in [0.5, 0.6) is 5.75 Å². The molecule has 2 rings (SSSR count). The summed E-state index contributed by atoms with van der Waals surface area (Å²) in [4.78, 5) is 0. The third-order valence-electron chi connectivity index (χ3n) is 2.77. The van der Waals surface area contributed by atoms with Crippen molar-refractivity contribution in [3.05, 3.63) is 30.3 Å². The molecule has 1 aromatic rings. The predicted molar refractivity (Wildman–Crippen MR) is 75.6 cm³/mol. The van der Waals surface area contributed by atoms with E-state index in [1.807, 2.05) is 30.3 Å². The van der Waals surface area contributed by atoms with Crippen LogP contribution >= 0.6 is 8.53 Å². The summed E-state index contributed by atoms with van der Waals surface area (Å²) in [6, 6.07) is 9.91. The Bertz CT molecular complexity index is 381. The molecule has 2 atom stereocenters. The van der Waals surface area contributed by atoms with Gasteiger partial charge in [0.25, 0.3) is 0 Å². The first-order chi connectivity index (χ1) is 8.49. The molecule has 0 radical (unpaired) electrons. The highest BCUT2D eigenvalue weighted by molar-refractivity contribution is 7.45. The van der Waals surface area contributed by atoms with Gasteiger partial charge in [0, 0.05) is 12.1 Å². The monoisotopic (exact) mass is 267 g/mol. The lowest BCUT2D eigenvalue weighted by Crippen LogP contribution is -2.11. The van der Waals surface area contributed by atoms with E-state index in [1.165, 1.54) is 0 Å². The number of rotatable bonds is 6. The van der Waals surface area contributed by atoms with Crippen molar-refractivity contribution in [3.63, 3.8) is 0 Å². The molecule has 0 bridgehead atoms. The average Bonchev–Trinajstić information content (AvgIpc) is 2.95. The molecule has 0 amide bonds. The van der Waals surface area contributed by atoms with Gasteiger partial charge in [0.05, 0.1) is 6.61 Å². The minimum Gasteiger partial charge on any atom is -0.436 e. The lowest BCUT2D eigenvalue weighted by molar-refractivity contribution is 0.252. The molecule has 1 fully saturated rings. The number of benzene rings is 1. The number of nitrogens with zero attached hydrogens (tertiary/aromatic N) is 1. The Morgan fingerprint density at radius 2 is 1.89 bits per heavy atom. The molecular formula is C14H22NO2P. The van der Waals surface area contributed by atoms with Crippen LogP contribution in [0.25, 0.3) is 0 Å². The van der Waals surface area contributed by atoms with Crippen molar-refractivity contribution >= 4 is 8.53 Å². The van der Waals surface area contributed by atoms with E-state index < -0.39 is 8.53 Å². The highest BCUT2D eigenvalue weighted by atomic mass is 31.2. The number of para-hydroxylation sites is 1. The Morgan fingerprint density at radius 3 is 2.39 bits per heavy atom. The van der Waals surface area contributed by atoms with Gasteiger partial charge in [-0.15, -0.1) is 0 Å². The minimum absolute atomic E-state index is 0.220. The maximum atomic E-state index is 5.99. The Kier molecular flexibility index (Phi) is 4.26. The third-order valence-corrected chi connectivity index (χ3v) is 4.59. The summed E-state index contributed by atoms with van der Waals surface area (Å²) in [5.74, 6) is 1.41. The van der Waals surface area contributed by atoms with Crippen molar-refractivity contribution in [1.29, 1.82) is 0 Å². The Hall–Kier alpha value is -0.630. The van der Waals surface area contributed by atoms with Gasteiger partial charge >= 0.3 is 8.53 Å². The summed E-state index contributed by atoms with van der Waals surface area (Å²) in [6.07, 6.45) is 0. The normalized spacial score (nSPS) is 22.8. The lowest BCUT2D eigenvalue weighted by Gasteiger charge is -2.21. The Balaban J connectivity index is 1.97.